The summed E-state index contributed by atoms with van der Waals surface area (Å²) in [6.45, 7) is 18.6. The number of halogens is 1. The van der Waals surface area contributed by atoms with Crippen molar-refractivity contribution in [2.75, 3.05) is 0 Å². The molecule has 0 radical (unpaired) electrons. The molecule has 0 saturated heterocycles. The van der Waals surface area contributed by atoms with Crippen LogP contribution in [0.1, 0.15) is 66.9 Å². The molecule has 1 aromatic rings. The fourth-order valence-corrected chi connectivity index (χ4v) is 17.2. The Morgan fingerprint density at radius 2 is 1.48 bits per heavy atom. The van der Waals surface area contributed by atoms with Gasteiger partial charge in [-0.1, -0.05) is 0 Å². The Morgan fingerprint density at radius 3 is 1.81 bits per heavy atom. The van der Waals surface area contributed by atoms with E-state index in [1.54, 1.807) is 0 Å². The summed E-state index contributed by atoms with van der Waals surface area (Å²) < 4.78 is 0.0444. The average Bonchev–Trinajstić information content (AvgIpc) is 2.25. The Bertz CT molecular complexity index is 467. The molecule has 0 N–H and O–H groups in total. The normalized spacial score (nSPS) is 16.2. The summed E-state index contributed by atoms with van der Waals surface area (Å²) in [5.41, 5.74) is 1.41. The van der Waals surface area contributed by atoms with Crippen LogP contribution >= 0.6 is 18.9 Å². The number of alkyl halides is 1. The zero-order valence-corrected chi connectivity index (χ0v) is 18.0. The van der Waals surface area contributed by atoms with Gasteiger partial charge in [0.1, 0.15) is 0 Å². The van der Waals surface area contributed by atoms with Crippen molar-refractivity contribution < 1.29 is 19.2 Å². The second-order valence-electron chi connectivity index (χ2n) is 8.36. The predicted octanol–water partition coefficient (Wildman–Crippen LogP) is 5.85. The topological polar surface area (TPSA) is 0 Å². The first-order valence-corrected chi connectivity index (χ1v) is 11.1. The quantitative estimate of drug-likeness (QED) is 0.327. The Balaban J connectivity index is 3.70. The number of rotatable bonds is 3. The third-order valence-electron chi connectivity index (χ3n) is 4.68. The van der Waals surface area contributed by atoms with Gasteiger partial charge in [-0.3, -0.25) is 0 Å². The molecule has 0 saturated carbocycles. The van der Waals surface area contributed by atoms with Crippen LogP contribution in [0.5, 0.6) is 0 Å². The molecule has 1 rings (SSSR count). The molecule has 0 aliphatic rings. The molecule has 1 unspecified atom stereocenters. The van der Waals surface area contributed by atoms with Crippen molar-refractivity contribution in [3.05, 3.63) is 29.8 Å². The molecule has 0 heterocycles. The van der Waals surface area contributed by atoms with Crippen LogP contribution < -0.4 is 5.30 Å². The monoisotopic (exact) mass is 419 g/mol. The summed E-state index contributed by atoms with van der Waals surface area (Å²) in [5, 5.41) is 1.82. The van der Waals surface area contributed by atoms with Gasteiger partial charge in [0.2, 0.25) is 0 Å². The van der Waals surface area contributed by atoms with Crippen LogP contribution in [-0.4, -0.2) is 13.9 Å². The molecule has 1 aromatic carbocycles. The van der Waals surface area contributed by atoms with Crippen LogP contribution in [0.25, 0.3) is 0 Å². The molecule has 0 bridgehead atoms. The van der Waals surface area contributed by atoms with Crippen molar-refractivity contribution in [1.29, 1.82) is 0 Å². The Kier molecular flexibility index (Phi) is 6.19. The summed E-state index contributed by atoms with van der Waals surface area (Å²) in [4.78, 5) is 0. The number of benzene rings is 1. The van der Waals surface area contributed by atoms with Crippen molar-refractivity contribution in [3.63, 3.8) is 0 Å². The number of hydrogen-bond acceptors (Lipinski definition) is 0. The second kappa shape index (κ2) is 6.61. The van der Waals surface area contributed by atoms with Crippen molar-refractivity contribution >= 4 is 24.2 Å². The molecule has 21 heavy (non-hydrogen) atoms. The molecule has 1 atom stereocenters. The molecule has 0 aromatic heterocycles. The van der Waals surface area contributed by atoms with Gasteiger partial charge in [0, 0.05) is 0 Å². The Hall–Kier alpha value is 0.602. The first kappa shape index (κ1) is 19.6. The van der Waals surface area contributed by atoms with E-state index in [0.29, 0.717) is 5.92 Å². The summed E-state index contributed by atoms with van der Waals surface area (Å²) in [5.74, 6) is 0.545. The molecule has 125 valence electrons. The van der Waals surface area contributed by atoms with Gasteiger partial charge in [-0.2, -0.15) is 0 Å². The Morgan fingerprint density at radius 1 is 1.00 bits per heavy atom. The van der Waals surface area contributed by atoms with Gasteiger partial charge in [-0.05, 0) is 0 Å². The fourth-order valence-electron chi connectivity index (χ4n) is 3.85. The van der Waals surface area contributed by atoms with Crippen LogP contribution in [0.4, 0.5) is 0 Å². The van der Waals surface area contributed by atoms with E-state index in [0.717, 1.165) is 0 Å². The summed E-state index contributed by atoms with van der Waals surface area (Å²) in [6, 6.07) is 9.16. The predicted molar refractivity (Wildman–Crippen MR) is 97.6 cm³/mol. The number of hydrogen-bond donors (Lipinski definition) is 0. The van der Waals surface area contributed by atoms with Crippen molar-refractivity contribution in [1.82, 2.24) is 0 Å². The zero-order chi connectivity index (χ0) is 16.6. The molecular formula is C18H31ClPPd. The van der Waals surface area contributed by atoms with Gasteiger partial charge < -0.3 is 0 Å². The van der Waals surface area contributed by atoms with Crippen molar-refractivity contribution in [2.45, 2.75) is 75.2 Å². The first-order valence-electron chi connectivity index (χ1n) is 7.70. The average molecular weight is 420 g/mol. The van der Waals surface area contributed by atoms with E-state index >= 15 is 0 Å². The van der Waals surface area contributed by atoms with Gasteiger partial charge in [0.05, 0.1) is 0 Å². The Labute approximate surface area is 148 Å². The van der Waals surface area contributed by atoms with Crippen LogP contribution in [0, 0.1) is 0 Å². The maximum atomic E-state index is 6.83. The second-order valence-corrected chi connectivity index (χ2v) is 17.1. The molecule has 0 aliphatic heterocycles. The SMILES string of the molecule is CC(C)c1cccc([PH]([CH](Cl)[Pd])(C(C)(C)C)C(C)(C)C)c1. The molecule has 0 fully saturated rings. The molecule has 3 heteroatoms. The van der Waals surface area contributed by atoms with E-state index in [2.05, 4.69) is 98.9 Å². The van der Waals surface area contributed by atoms with E-state index in [4.69, 9.17) is 11.6 Å². The van der Waals surface area contributed by atoms with Crippen molar-refractivity contribution in [2.24, 2.45) is 0 Å². The van der Waals surface area contributed by atoms with E-state index < -0.39 is 7.26 Å². The van der Waals surface area contributed by atoms with Crippen molar-refractivity contribution in [3.8, 4) is 0 Å². The van der Waals surface area contributed by atoms with Crippen LogP contribution in [0.3, 0.4) is 0 Å². The van der Waals surface area contributed by atoms with E-state index in [1.165, 1.54) is 10.9 Å². The summed E-state index contributed by atoms with van der Waals surface area (Å²) >= 11 is 10.3. The van der Waals surface area contributed by atoms with Gasteiger partial charge in [-0.25, -0.2) is 0 Å². The minimum absolute atomic E-state index is 0.0444. The van der Waals surface area contributed by atoms with Gasteiger partial charge in [0.15, 0.2) is 0 Å². The molecule has 0 amide bonds. The summed E-state index contributed by atoms with van der Waals surface area (Å²) in [7, 11) is -2.03. The van der Waals surface area contributed by atoms with Crippen LogP contribution in [-0.2, 0) is 19.2 Å². The minimum atomic E-state index is -2.03. The third kappa shape index (κ3) is 3.58. The van der Waals surface area contributed by atoms with E-state index in [-0.39, 0.29) is 13.9 Å². The van der Waals surface area contributed by atoms with E-state index in [1.807, 2.05) is 0 Å². The van der Waals surface area contributed by atoms with E-state index in [9.17, 15) is 0 Å². The molecule has 0 nitrogen and oxygen atoms in total. The van der Waals surface area contributed by atoms with Crippen LogP contribution in [0.15, 0.2) is 24.3 Å². The van der Waals surface area contributed by atoms with Gasteiger partial charge in [-0.15, -0.1) is 0 Å². The molecule has 0 aliphatic carbocycles. The maximum absolute atomic E-state index is 6.83. The first-order chi connectivity index (χ1) is 9.35. The molecular weight excluding hydrogens is 389 g/mol. The van der Waals surface area contributed by atoms with Gasteiger partial charge in [0.25, 0.3) is 0 Å². The third-order valence-corrected chi connectivity index (χ3v) is 14.2. The molecule has 0 spiro atoms. The fraction of sp³-hybridized carbons (Fsp3) is 0.667. The van der Waals surface area contributed by atoms with Gasteiger partial charge >= 0.3 is 148 Å². The van der Waals surface area contributed by atoms with Crippen LogP contribution in [0.2, 0.25) is 0 Å². The standard InChI is InChI=1S/C18H31ClP.Pd/c1-14(2)15-10-9-11-16(12-15)20(13-19,17(3,4)5)18(6,7)8;/h9-14,20H,1-8H3;. The summed E-state index contributed by atoms with van der Waals surface area (Å²) in [6.07, 6.45) is 0. The zero-order valence-electron chi connectivity index (χ0n) is 14.7.